The molecule has 0 aliphatic carbocycles. The second-order valence-corrected chi connectivity index (χ2v) is 4.04. The van der Waals surface area contributed by atoms with Crippen LogP contribution in [0.1, 0.15) is 5.69 Å². The molecule has 1 rings (SSSR count). The average molecular weight is 256 g/mol. The molecule has 7 heteroatoms. The van der Waals surface area contributed by atoms with Crippen LogP contribution in [-0.4, -0.2) is 53.5 Å². The molecule has 0 fully saturated rings. The molecule has 0 aliphatic rings. The zero-order chi connectivity index (χ0) is 12.8. The fourth-order valence-corrected chi connectivity index (χ4v) is 1.43. The van der Waals surface area contributed by atoms with E-state index in [-0.39, 0.29) is 11.6 Å². The van der Waals surface area contributed by atoms with Crippen LogP contribution >= 0.6 is 12.2 Å². The highest BCUT2D eigenvalue weighted by molar-refractivity contribution is 7.80. The Balaban J connectivity index is 2.71. The Bertz CT molecular complexity index is 388. The van der Waals surface area contributed by atoms with Gasteiger partial charge in [-0.2, -0.15) is 0 Å². The molecule has 1 atom stereocenters. The van der Waals surface area contributed by atoms with E-state index in [2.05, 4.69) is 9.97 Å². The number of hydrogen-bond acceptors (Lipinski definition) is 6. The first-order chi connectivity index (χ1) is 8.04. The third kappa shape index (κ3) is 4.22. The van der Waals surface area contributed by atoms with E-state index in [9.17, 15) is 5.11 Å². The molecule has 94 valence electrons. The molecule has 0 aromatic carbocycles. The molecule has 1 unspecified atom stereocenters. The van der Waals surface area contributed by atoms with Gasteiger partial charge >= 0.3 is 0 Å². The second kappa shape index (κ2) is 6.43. The van der Waals surface area contributed by atoms with E-state index in [0.29, 0.717) is 18.2 Å². The summed E-state index contributed by atoms with van der Waals surface area (Å²) in [5, 5.41) is 9.59. The van der Waals surface area contributed by atoms with Gasteiger partial charge in [0, 0.05) is 26.9 Å². The summed E-state index contributed by atoms with van der Waals surface area (Å²) < 4.78 is 4.84. The van der Waals surface area contributed by atoms with Crippen LogP contribution in [-0.2, 0) is 4.74 Å². The summed E-state index contributed by atoms with van der Waals surface area (Å²) in [6, 6.07) is 1.64. The highest BCUT2D eigenvalue weighted by Gasteiger charge is 2.11. The first-order valence-electron chi connectivity index (χ1n) is 5.05. The van der Waals surface area contributed by atoms with Crippen LogP contribution in [0.4, 0.5) is 5.95 Å². The normalized spacial score (nSPS) is 12.2. The molecule has 1 aromatic rings. The fraction of sp³-hybridized carbons (Fsp3) is 0.500. The van der Waals surface area contributed by atoms with Crippen molar-refractivity contribution < 1.29 is 9.84 Å². The van der Waals surface area contributed by atoms with Gasteiger partial charge in [-0.3, -0.25) is 0 Å². The zero-order valence-corrected chi connectivity index (χ0v) is 10.6. The highest BCUT2D eigenvalue weighted by Crippen LogP contribution is 2.06. The third-order valence-corrected chi connectivity index (χ3v) is 2.29. The van der Waals surface area contributed by atoms with Crippen LogP contribution in [0, 0.1) is 0 Å². The number of ether oxygens (including phenoxy) is 1. The van der Waals surface area contributed by atoms with Crippen LogP contribution in [0.3, 0.4) is 0 Å². The lowest BCUT2D eigenvalue weighted by molar-refractivity contribution is 0.0693. The number of anilines is 1. The van der Waals surface area contributed by atoms with E-state index in [1.54, 1.807) is 24.2 Å². The molecule has 1 heterocycles. The van der Waals surface area contributed by atoms with Crippen LogP contribution < -0.4 is 10.6 Å². The van der Waals surface area contributed by atoms with Gasteiger partial charge in [-0.1, -0.05) is 12.2 Å². The van der Waals surface area contributed by atoms with E-state index in [4.69, 9.17) is 22.7 Å². The number of aliphatic hydroxyl groups is 1. The number of thiocarbonyl (C=S) groups is 1. The minimum atomic E-state index is -0.595. The van der Waals surface area contributed by atoms with Crippen LogP contribution in [0.5, 0.6) is 0 Å². The Morgan fingerprint density at radius 3 is 3.00 bits per heavy atom. The van der Waals surface area contributed by atoms with Crippen molar-refractivity contribution >= 4 is 23.2 Å². The molecular formula is C10H16N4O2S. The molecule has 0 amide bonds. The lowest BCUT2D eigenvalue weighted by Crippen LogP contribution is -2.33. The van der Waals surface area contributed by atoms with Gasteiger partial charge in [-0.25, -0.2) is 9.97 Å². The SMILES string of the molecule is COCC(O)CN(C)c1nccc(C(N)=S)n1. The summed E-state index contributed by atoms with van der Waals surface area (Å²) in [4.78, 5) is 10.2. The molecule has 0 aliphatic heterocycles. The number of hydrogen-bond donors (Lipinski definition) is 2. The van der Waals surface area contributed by atoms with Crippen LogP contribution in [0.25, 0.3) is 0 Å². The van der Waals surface area contributed by atoms with Crippen molar-refractivity contribution in [3.05, 3.63) is 18.0 Å². The summed E-state index contributed by atoms with van der Waals surface area (Å²) in [6.45, 7) is 0.633. The van der Waals surface area contributed by atoms with Gasteiger partial charge in [0.1, 0.15) is 10.7 Å². The third-order valence-electron chi connectivity index (χ3n) is 2.08. The van der Waals surface area contributed by atoms with Gasteiger partial charge in [0.25, 0.3) is 0 Å². The molecule has 17 heavy (non-hydrogen) atoms. The molecule has 6 nitrogen and oxygen atoms in total. The average Bonchev–Trinajstić information content (AvgIpc) is 2.29. The maximum atomic E-state index is 9.59. The van der Waals surface area contributed by atoms with Crippen molar-refractivity contribution in [2.45, 2.75) is 6.10 Å². The van der Waals surface area contributed by atoms with Gasteiger partial charge in [0.2, 0.25) is 5.95 Å². The molecule has 0 saturated carbocycles. The van der Waals surface area contributed by atoms with E-state index in [1.807, 2.05) is 0 Å². The number of nitrogens with two attached hydrogens (primary N) is 1. The Morgan fingerprint density at radius 1 is 1.71 bits per heavy atom. The van der Waals surface area contributed by atoms with Gasteiger partial charge in [0.05, 0.1) is 12.7 Å². The number of nitrogens with zero attached hydrogens (tertiary/aromatic N) is 3. The lowest BCUT2D eigenvalue weighted by atomic mass is 10.3. The molecule has 0 spiro atoms. The quantitative estimate of drug-likeness (QED) is 0.667. The predicted molar refractivity (Wildman–Crippen MR) is 69.1 cm³/mol. The topological polar surface area (TPSA) is 84.5 Å². The first kappa shape index (κ1) is 13.8. The summed E-state index contributed by atoms with van der Waals surface area (Å²) in [6.07, 6.45) is 0.984. The molecular weight excluding hydrogens is 240 g/mol. The minimum absolute atomic E-state index is 0.222. The van der Waals surface area contributed by atoms with Crippen molar-refractivity contribution in [1.82, 2.24) is 9.97 Å². The van der Waals surface area contributed by atoms with Gasteiger partial charge < -0.3 is 20.5 Å². The number of aromatic nitrogens is 2. The van der Waals surface area contributed by atoms with E-state index >= 15 is 0 Å². The maximum Gasteiger partial charge on any atom is 0.225 e. The molecule has 0 saturated heterocycles. The fourth-order valence-electron chi connectivity index (χ4n) is 1.31. The van der Waals surface area contributed by atoms with E-state index in [1.165, 1.54) is 7.11 Å². The van der Waals surface area contributed by atoms with Crippen LogP contribution in [0.2, 0.25) is 0 Å². The number of methoxy groups -OCH3 is 1. The number of aliphatic hydroxyl groups excluding tert-OH is 1. The lowest BCUT2D eigenvalue weighted by Gasteiger charge is -2.20. The van der Waals surface area contributed by atoms with Crippen molar-refractivity contribution in [1.29, 1.82) is 0 Å². The van der Waals surface area contributed by atoms with Crippen LogP contribution in [0.15, 0.2) is 12.3 Å². The number of rotatable bonds is 6. The second-order valence-electron chi connectivity index (χ2n) is 3.60. The highest BCUT2D eigenvalue weighted by atomic mass is 32.1. The molecule has 3 N–H and O–H groups in total. The maximum absolute atomic E-state index is 9.59. The molecule has 0 radical (unpaired) electrons. The number of likely N-dealkylation sites (N-methyl/N-ethyl adjacent to an activating group) is 1. The van der Waals surface area contributed by atoms with Gasteiger partial charge in [-0.05, 0) is 6.07 Å². The van der Waals surface area contributed by atoms with Crippen molar-refractivity contribution in [3.8, 4) is 0 Å². The molecule has 0 bridgehead atoms. The Hall–Kier alpha value is -1.31. The Labute approximate surface area is 105 Å². The largest absolute Gasteiger partial charge is 0.389 e. The van der Waals surface area contributed by atoms with Crippen molar-refractivity contribution in [2.24, 2.45) is 5.73 Å². The van der Waals surface area contributed by atoms with Crippen molar-refractivity contribution in [2.75, 3.05) is 32.2 Å². The smallest absolute Gasteiger partial charge is 0.225 e. The zero-order valence-electron chi connectivity index (χ0n) is 9.83. The van der Waals surface area contributed by atoms with Crippen molar-refractivity contribution in [3.63, 3.8) is 0 Å². The first-order valence-corrected chi connectivity index (χ1v) is 5.46. The summed E-state index contributed by atoms with van der Waals surface area (Å²) in [5.74, 6) is 0.463. The minimum Gasteiger partial charge on any atom is -0.389 e. The summed E-state index contributed by atoms with van der Waals surface area (Å²) in [7, 11) is 3.31. The standard InChI is InChI=1S/C10H16N4O2S/c1-14(5-7(15)6-16-2)10-12-4-3-8(13-10)9(11)17/h3-4,7,15H,5-6H2,1-2H3,(H2,11,17). The van der Waals surface area contributed by atoms with E-state index in [0.717, 1.165) is 0 Å². The Kier molecular flexibility index (Phi) is 5.20. The summed E-state index contributed by atoms with van der Waals surface area (Å²) >= 11 is 4.84. The summed E-state index contributed by atoms with van der Waals surface area (Å²) in [5.41, 5.74) is 6.00. The van der Waals surface area contributed by atoms with Gasteiger partial charge in [-0.15, -0.1) is 0 Å². The predicted octanol–water partition coefficient (Wildman–Crippen LogP) is -0.446. The van der Waals surface area contributed by atoms with Gasteiger partial charge in [0.15, 0.2) is 0 Å². The van der Waals surface area contributed by atoms with E-state index < -0.39 is 6.10 Å². The monoisotopic (exact) mass is 256 g/mol. The Morgan fingerprint density at radius 2 is 2.41 bits per heavy atom. The molecule has 1 aromatic heterocycles.